The van der Waals surface area contributed by atoms with Crippen molar-refractivity contribution in [2.75, 3.05) is 12.8 Å². The number of carbonyl (C=O) groups excluding carboxylic acids is 1. The lowest BCUT2D eigenvalue weighted by Crippen LogP contribution is -2.44. The second kappa shape index (κ2) is 11.1. The van der Waals surface area contributed by atoms with Crippen LogP contribution in [0.5, 0.6) is 5.75 Å². The Labute approximate surface area is 190 Å². The van der Waals surface area contributed by atoms with Crippen LogP contribution in [0.15, 0.2) is 83.8 Å². The molecule has 0 aliphatic heterocycles. The molecule has 32 heavy (non-hydrogen) atoms. The molecule has 1 unspecified atom stereocenters. The van der Waals surface area contributed by atoms with E-state index in [2.05, 4.69) is 5.32 Å². The Balaban J connectivity index is 1.83. The van der Waals surface area contributed by atoms with Crippen molar-refractivity contribution in [1.82, 2.24) is 5.32 Å². The number of ether oxygens (including phenoxy) is 2. The van der Waals surface area contributed by atoms with E-state index in [1.807, 2.05) is 42.5 Å². The van der Waals surface area contributed by atoms with Crippen molar-refractivity contribution in [3.8, 4) is 5.75 Å². The molecule has 0 saturated carbocycles. The van der Waals surface area contributed by atoms with Crippen molar-refractivity contribution in [3.05, 3.63) is 90.0 Å². The van der Waals surface area contributed by atoms with Gasteiger partial charge in [-0.25, -0.2) is 9.59 Å². The van der Waals surface area contributed by atoms with Crippen LogP contribution < -0.4 is 15.8 Å². The Morgan fingerprint density at radius 2 is 1.66 bits per heavy atom. The van der Waals surface area contributed by atoms with Crippen molar-refractivity contribution in [2.24, 2.45) is 0 Å². The molecule has 0 heterocycles. The highest BCUT2D eigenvalue weighted by atomic mass is 32.2. The molecule has 4 N–H and O–H groups in total. The smallest absolute Gasteiger partial charge is 0.408 e. The van der Waals surface area contributed by atoms with Crippen molar-refractivity contribution in [1.29, 1.82) is 0 Å². The van der Waals surface area contributed by atoms with Gasteiger partial charge in [0.05, 0.1) is 12.4 Å². The number of aliphatic carboxylic acids is 1. The first-order valence-corrected chi connectivity index (χ1v) is 10.7. The van der Waals surface area contributed by atoms with Crippen LogP contribution in [0, 0.1) is 0 Å². The summed E-state index contributed by atoms with van der Waals surface area (Å²) in [5.41, 5.74) is 8.09. The minimum absolute atomic E-state index is 0.0327. The van der Waals surface area contributed by atoms with Gasteiger partial charge in [0.15, 0.2) is 0 Å². The third kappa shape index (κ3) is 6.18. The fraction of sp³-hybridized carbons (Fsp3) is 0.167. The summed E-state index contributed by atoms with van der Waals surface area (Å²) >= 11 is 1.26. The number of para-hydroxylation sites is 1. The largest absolute Gasteiger partial charge is 0.497 e. The van der Waals surface area contributed by atoms with Crippen LogP contribution in [0.4, 0.5) is 10.5 Å². The normalized spacial score (nSPS) is 12.4. The Bertz CT molecular complexity index is 1040. The second-order valence-electron chi connectivity index (χ2n) is 6.87. The topological polar surface area (TPSA) is 111 Å². The number of hydrogen-bond acceptors (Lipinski definition) is 6. The second-order valence-corrected chi connectivity index (χ2v) is 8.05. The Hall–Kier alpha value is -3.65. The molecule has 0 aliphatic carbocycles. The number of alkyl carbamates (subject to hydrolysis) is 1. The molecule has 8 heteroatoms. The zero-order chi connectivity index (χ0) is 22.9. The molecule has 3 rings (SSSR count). The number of hydrogen-bond donors (Lipinski definition) is 3. The fourth-order valence-electron chi connectivity index (χ4n) is 3.01. The lowest BCUT2D eigenvalue weighted by atomic mass is 10.1. The van der Waals surface area contributed by atoms with Gasteiger partial charge in [0.2, 0.25) is 0 Å². The number of nitrogens with two attached hydrogens (primary N) is 1. The number of amides is 1. The van der Waals surface area contributed by atoms with E-state index in [1.165, 1.54) is 11.8 Å². The highest BCUT2D eigenvalue weighted by molar-refractivity contribution is 7.99. The number of methoxy groups -OCH3 is 1. The number of benzene rings is 3. The number of carbonyl (C=O) groups is 2. The third-order valence-electron chi connectivity index (χ3n) is 4.67. The van der Waals surface area contributed by atoms with Gasteiger partial charge in [-0.15, -0.1) is 11.8 Å². The van der Waals surface area contributed by atoms with Crippen molar-refractivity contribution in [3.63, 3.8) is 0 Å². The lowest BCUT2D eigenvalue weighted by Gasteiger charge is -2.25. The summed E-state index contributed by atoms with van der Waals surface area (Å²) in [4.78, 5) is 25.3. The number of nitrogen functional groups attached to an aromatic ring is 1. The van der Waals surface area contributed by atoms with E-state index in [0.29, 0.717) is 21.9 Å². The molecule has 0 aliphatic rings. The van der Waals surface area contributed by atoms with Gasteiger partial charge in [-0.05, 0) is 35.4 Å². The van der Waals surface area contributed by atoms with Crippen LogP contribution in [0.1, 0.15) is 16.4 Å². The van der Waals surface area contributed by atoms with Crippen LogP contribution in [0.25, 0.3) is 0 Å². The molecule has 3 aromatic rings. The summed E-state index contributed by atoms with van der Waals surface area (Å²) in [6.07, 6.45) is -0.818. The van der Waals surface area contributed by atoms with Crippen LogP contribution in [-0.4, -0.2) is 30.3 Å². The summed E-state index contributed by atoms with van der Waals surface area (Å²) in [6.45, 7) is 0.0327. The molecule has 3 aromatic carbocycles. The SMILES string of the molecule is COc1ccc(C(Sc2ccccc2N)[C@H](NC(=O)OCc2ccccc2)C(=O)O)cc1. The first-order chi connectivity index (χ1) is 15.5. The number of carboxylic acid groups (broad SMARTS) is 1. The average Bonchev–Trinajstić information content (AvgIpc) is 2.81. The number of anilines is 1. The molecule has 0 spiro atoms. The summed E-state index contributed by atoms with van der Waals surface area (Å²) < 4.78 is 10.4. The van der Waals surface area contributed by atoms with Crippen molar-refractivity contribution < 1.29 is 24.2 Å². The molecule has 7 nitrogen and oxygen atoms in total. The molecule has 0 fully saturated rings. The van der Waals surface area contributed by atoms with Crippen LogP contribution in [0.2, 0.25) is 0 Å². The van der Waals surface area contributed by atoms with Gasteiger partial charge in [-0.2, -0.15) is 0 Å². The van der Waals surface area contributed by atoms with Gasteiger partial charge in [0.25, 0.3) is 0 Å². The van der Waals surface area contributed by atoms with Crippen LogP contribution in [-0.2, 0) is 16.1 Å². The van der Waals surface area contributed by atoms with Gasteiger partial charge in [0.1, 0.15) is 18.4 Å². The van der Waals surface area contributed by atoms with E-state index in [1.54, 1.807) is 43.5 Å². The Morgan fingerprint density at radius 3 is 2.28 bits per heavy atom. The van der Waals surface area contributed by atoms with Gasteiger partial charge < -0.3 is 25.6 Å². The quantitative estimate of drug-likeness (QED) is 0.324. The minimum Gasteiger partial charge on any atom is -0.497 e. The number of thioether (sulfide) groups is 1. The zero-order valence-corrected chi connectivity index (χ0v) is 18.2. The molecular weight excluding hydrogens is 428 g/mol. The van der Waals surface area contributed by atoms with Gasteiger partial charge in [-0.3, -0.25) is 0 Å². The van der Waals surface area contributed by atoms with E-state index in [4.69, 9.17) is 15.2 Å². The maximum Gasteiger partial charge on any atom is 0.408 e. The van der Waals surface area contributed by atoms with Crippen LogP contribution >= 0.6 is 11.8 Å². The van der Waals surface area contributed by atoms with Crippen molar-refractivity contribution >= 4 is 29.5 Å². The summed E-state index contributed by atoms with van der Waals surface area (Å²) in [5.74, 6) is -0.552. The van der Waals surface area contributed by atoms with E-state index < -0.39 is 23.4 Å². The predicted molar refractivity (Wildman–Crippen MR) is 124 cm³/mol. The molecule has 1 amide bonds. The molecule has 166 valence electrons. The maximum atomic E-state index is 12.4. The highest BCUT2D eigenvalue weighted by Crippen LogP contribution is 2.41. The van der Waals surface area contributed by atoms with E-state index in [0.717, 1.165) is 5.56 Å². The van der Waals surface area contributed by atoms with E-state index in [-0.39, 0.29) is 6.61 Å². The summed E-state index contributed by atoms with van der Waals surface area (Å²) in [6, 6.07) is 22.1. The van der Waals surface area contributed by atoms with E-state index in [9.17, 15) is 14.7 Å². The third-order valence-corrected chi connectivity index (χ3v) is 6.10. The standard InChI is InChI=1S/C24H24N2O5S/c1-30-18-13-11-17(12-14-18)22(32-20-10-6-5-9-19(20)25)21(23(27)28)26-24(29)31-15-16-7-3-2-4-8-16/h2-14,21-22H,15,25H2,1H3,(H,26,29)(H,27,28)/t21-,22?/m0/s1. The summed E-state index contributed by atoms with van der Waals surface area (Å²) in [5, 5.41) is 11.8. The summed E-state index contributed by atoms with van der Waals surface area (Å²) in [7, 11) is 1.55. The van der Waals surface area contributed by atoms with Gasteiger partial charge in [0, 0.05) is 10.6 Å². The zero-order valence-electron chi connectivity index (χ0n) is 17.4. The molecular formula is C24H24N2O5S. The fourth-order valence-corrected chi connectivity index (χ4v) is 4.25. The number of carboxylic acids is 1. The Morgan fingerprint density at radius 1 is 1.00 bits per heavy atom. The molecule has 0 aromatic heterocycles. The maximum absolute atomic E-state index is 12.4. The average molecular weight is 453 g/mol. The Kier molecular flexibility index (Phi) is 7.99. The minimum atomic E-state index is -1.27. The van der Waals surface area contributed by atoms with E-state index >= 15 is 0 Å². The lowest BCUT2D eigenvalue weighted by molar-refractivity contribution is -0.139. The molecule has 0 bridgehead atoms. The number of nitrogens with one attached hydrogen (secondary N) is 1. The highest BCUT2D eigenvalue weighted by Gasteiger charge is 2.33. The monoisotopic (exact) mass is 452 g/mol. The van der Waals surface area contributed by atoms with Gasteiger partial charge >= 0.3 is 12.1 Å². The number of rotatable bonds is 9. The predicted octanol–water partition coefficient (Wildman–Crippen LogP) is 4.49. The molecule has 0 saturated heterocycles. The first-order valence-electron chi connectivity index (χ1n) is 9.83. The first kappa shape index (κ1) is 23.0. The molecule has 0 radical (unpaired) electrons. The van der Waals surface area contributed by atoms with Crippen molar-refractivity contribution in [2.45, 2.75) is 22.8 Å². The van der Waals surface area contributed by atoms with Crippen LogP contribution in [0.3, 0.4) is 0 Å². The van der Waals surface area contributed by atoms with Gasteiger partial charge in [-0.1, -0.05) is 54.6 Å². The molecule has 2 atom stereocenters.